The number of nitrogens with one attached hydrogen (secondary N) is 2. The van der Waals surface area contributed by atoms with E-state index in [9.17, 15) is 19.2 Å². The molecule has 1 aliphatic carbocycles. The highest BCUT2D eigenvalue weighted by Crippen LogP contribution is 2.42. The van der Waals surface area contributed by atoms with E-state index >= 15 is 0 Å². The van der Waals surface area contributed by atoms with Gasteiger partial charge in [-0.1, -0.05) is 6.07 Å². The van der Waals surface area contributed by atoms with Gasteiger partial charge in [0.1, 0.15) is 17.7 Å². The van der Waals surface area contributed by atoms with E-state index in [1.54, 1.807) is 39.0 Å². The van der Waals surface area contributed by atoms with Crippen LogP contribution in [0.4, 0.5) is 10.5 Å². The number of hydrogen-bond donors (Lipinski definition) is 2. The van der Waals surface area contributed by atoms with Crippen LogP contribution in [0, 0.1) is 0 Å². The van der Waals surface area contributed by atoms with Crippen LogP contribution in [0.5, 0.6) is 0 Å². The number of rotatable bonds is 3. The van der Waals surface area contributed by atoms with Crippen molar-refractivity contribution in [1.29, 1.82) is 0 Å². The van der Waals surface area contributed by atoms with Crippen LogP contribution in [0.3, 0.4) is 0 Å². The predicted molar refractivity (Wildman–Crippen MR) is 96.8 cm³/mol. The number of fused-ring (bicyclic) bond motifs is 2. The Morgan fingerprint density at radius 2 is 2.00 bits per heavy atom. The second-order valence-electron chi connectivity index (χ2n) is 7.87. The number of carbonyl (C=O) groups is 4. The van der Waals surface area contributed by atoms with Gasteiger partial charge in [0, 0.05) is 12.6 Å². The summed E-state index contributed by atoms with van der Waals surface area (Å²) in [6, 6.07) is 4.64. The number of anilines is 1. The van der Waals surface area contributed by atoms with E-state index in [1.807, 2.05) is 0 Å². The lowest BCUT2D eigenvalue weighted by molar-refractivity contribution is -0.157. The minimum atomic E-state index is -1.16. The van der Waals surface area contributed by atoms with Gasteiger partial charge in [-0.3, -0.25) is 19.3 Å². The molecule has 8 heteroatoms. The number of benzene rings is 1. The van der Waals surface area contributed by atoms with E-state index < -0.39 is 35.6 Å². The highest BCUT2D eigenvalue weighted by atomic mass is 16.6. The maximum Gasteiger partial charge on any atom is 0.326 e. The van der Waals surface area contributed by atoms with Crippen LogP contribution in [-0.2, 0) is 31.1 Å². The lowest BCUT2D eigenvalue weighted by Crippen LogP contribution is -2.43. The molecular weight excluding hydrogens is 350 g/mol. The van der Waals surface area contributed by atoms with E-state index in [1.165, 1.54) is 6.92 Å². The molecule has 1 aliphatic heterocycles. The van der Waals surface area contributed by atoms with E-state index in [-0.39, 0.29) is 5.91 Å². The Morgan fingerprint density at radius 1 is 1.30 bits per heavy atom. The number of imide groups is 1. The molecule has 1 unspecified atom stereocenters. The van der Waals surface area contributed by atoms with Gasteiger partial charge in [0.25, 0.3) is 5.91 Å². The molecule has 2 aliphatic rings. The minimum absolute atomic E-state index is 0.184. The van der Waals surface area contributed by atoms with Gasteiger partial charge < -0.3 is 15.4 Å². The molecule has 1 fully saturated rings. The van der Waals surface area contributed by atoms with Gasteiger partial charge in [-0.25, -0.2) is 4.79 Å². The van der Waals surface area contributed by atoms with Crippen LogP contribution < -0.4 is 10.6 Å². The summed E-state index contributed by atoms with van der Waals surface area (Å²) in [5, 5.41) is 5.46. The molecule has 1 spiro atoms. The monoisotopic (exact) mass is 373 g/mol. The molecule has 0 bridgehead atoms. The largest absolute Gasteiger partial charge is 0.459 e. The summed E-state index contributed by atoms with van der Waals surface area (Å²) in [7, 11) is 0. The van der Waals surface area contributed by atoms with Crippen LogP contribution >= 0.6 is 0 Å². The number of urea groups is 1. The van der Waals surface area contributed by atoms with Crippen molar-refractivity contribution in [3.63, 3.8) is 0 Å². The Kier molecular flexibility index (Phi) is 4.45. The number of carbonyl (C=O) groups excluding carboxylic acids is 4. The molecule has 27 heavy (non-hydrogen) atoms. The van der Waals surface area contributed by atoms with Gasteiger partial charge in [0.15, 0.2) is 0 Å². The van der Waals surface area contributed by atoms with E-state index in [0.29, 0.717) is 24.1 Å². The third kappa shape index (κ3) is 3.51. The average Bonchev–Trinajstić information content (AvgIpc) is 2.99. The van der Waals surface area contributed by atoms with Gasteiger partial charge in [0.05, 0.1) is 0 Å². The number of nitrogens with zero attached hydrogens (tertiary/aromatic N) is 1. The number of hydrogen-bond acceptors (Lipinski definition) is 5. The molecular formula is C19H23N3O5. The summed E-state index contributed by atoms with van der Waals surface area (Å²) >= 11 is 0. The molecule has 8 nitrogen and oxygen atoms in total. The molecule has 4 amide bonds. The van der Waals surface area contributed by atoms with Gasteiger partial charge in [-0.15, -0.1) is 0 Å². The molecule has 1 aromatic rings. The number of aryl methyl sites for hydroxylation is 1. The molecule has 3 rings (SSSR count). The molecule has 0 saturated carbocycles. The minimum Gasteiger partial charge on any atom is -0.459 e. The lowest BCUT2D eigenvalue weighted by Gasteiger charge is -2.23. The third-order valence-electron chi connectivity index (χ3n) is 4.54. The summed E-state index contributed by atoms with van der Waals surface area (Å²) in [6.07, 6.45) is 0.982. The van der Waals surface area contributed by atoms with E-state index in [4.69, 9.17) is 4.74 Å². The quantitative estimate of drug-likeness (QED) is 0.620. The number of esters is 1. The van der Waals surface area contributed by atoms with Crippen LogP contribution in [0.15, 0.2) is 18.2 Å². The predicted octanol–water partition coefficient (Wildman–Crippen LogP) is 1.68. The SMILES string of the molecule is CC(=O)Nc1ccc2c(c1)CCC21NC(=O)N(CC(=O)OC(C)(C)C)C1=O. The van der Waals surface area contributed by atoms with Crippen molar-refractivity contribution in [2.45, 2.75) is 51.7 Å². The van der Waals surface area contributed by atoms with Crippen LogP contribution in [0.2, 0.25) is 0 Å². The van der Waals surface area contributed by atoms with Crippen molar-refractivity contribution in [3.05, 3.63) is 29.3 Å². The fourth-order valence-corrected chi connectivity index (χ4v) is 3.58. The third-order valence-corrected chi connectivity index (χ3v) is 4.54. The maximum absolute atomic E-state index is 13.0. The number of amides is 4. The molecule has 144 valence electrons. The summed E-state index contributed by atoms with van der Waals surface area (Å²) in [6.45, 7) is 6.15. The van der Waals surface area contributed by atoms with Crippen molar-refractivity contribution >= 4 is 29.5 Å². The Bertz CT molecular complexity index is 842. The molecule has 2 N–H and O–H groups in total. The van der Waals surface area contributed by atoms with Crippen molar-refractivity contribution < 1.29 is 23.9 Å². The highest BCUT2D eigenvalue weighted by Gasteiger charge is 2.55. The van der Waals surface area contributed by atoms with Gasteiger partial charge in [-0.05, 0) is 56.9 Å². The molecule has 1 saturated heterocycles. The van der Waals surface area contributed by atoms with Crippen molar-refractivity contribution in [3.8, 4) is 0 Å². The van der Waals surface area contributed by atoms with Gasteiger partial charge in [0.2, 0.25) is 5.91 Å². The Labute approximate surface area is 157 Å². The van der Waals surface area contributed by atoms with Crippen molar-refractivity contribution in [2.75, 3.05) is 11.9 Å². The fourth-order valence-electron chi connectivity index (χ4n) is 3.58. The van der Waals surface area contributed by atoms with Crippen LogP contribution in [0.1, 0.15) is 45.2 Å². The molecule has 1 heterocycles. The smallest absolute Gasteiger partial charge is 0.326 e. The first-order chi connectivity index (χ1) is 12.5. The normalized spacial score (nSPS) is 21.3. The second kappa shape index (κ2) is 6.37. The first-order valence-corrected chi connectivity index (χ1v) is 8.79. The maximum atomic E-state index is 13.0. The molecule has 1 atom stereocenters. The summed E-state index contributed by atoms with van der Waals surface area (Å²) < 4.78 is 5.22. The van der Waals surface area contributed by atoms with Crippen molar-refractivity contribution in [1.82, 2.24) is 10.2 Å². The Balaban J connectivity index is 1.83. The zero-order chi connectivity index (χ0) is 20.0. The second-order valence-corrected chi connectivity index (χ2v) is 7.87. The zero-order valence-electron chi connectivity index (χ0n) is 15.8. The topological polar surface area (TPSA) is 105 Å². The highest BCUT2D eigenvalue weighted by molar-refractivity contribution is 6.09. The molecule has 0 aromatic heterocycles. The summed E-state index contributed by atoms with van der Waals surface area (Å²) in [5.74, 6) is -1.27. The fraction of sp³-hybridized carbons (Fsp3) is 0.474. The average molecular weight is 373 g/mol. The van der Waals surface area contributed by atoms with E-state index in [2.05, 4.69) is 10.6 Å². The Morgan fingerprint density at radius 3 is 2.63 bits per heavy atom. The summed E-state index contributed by atoms with van der Waals surface area (Å²) in [4.78, 5) is 49.6. The molecule has 0 radical (unpaired) electrons. The van der Waals surface area contributed by atoms with Crippen molar-refractivity contribution in [2.24, 2.45) is 0 Å². The van der Waals surface area contributed by atoms with Gasteiger partial charge in [-0.2, -0.15) is 0 Å². The first-order valence-electron chi connectivity index (χ1n) is 8.79. The summed E-state index contributed by atoms with van der Waals surface area (Å²) in [5.41, 5.74) is 0.355. The van der Waals surface area contributed by atoms with E-state index in [0.717, 1.165) is 10.5 Å². The standard InChI is InChI=1S/C19H23N3O5/c1-11(23)20-13-5-6-14-12(9-13)7-8-19(14)16(25)22(17(26)21-19)10-15(24)27-18(2,3)4/h5-6,9H,7-8,10H2,1-4H3,(H,20,23)(H,21,26). The first kappa shape index (κ1) is 18.9. The lowest BCUT2D eigenvalue weighted by atomic mass is 9.91. The zero-order valence-corrected chi connectivity index (χ0v) is 15.8. The van der Waals surface area contributed by atoms with Crippen LogP contribution in [0.25, 0.3) is 0 Å². The van der Waals surface area contributed by atoms with Crippen LogP contribution in [-0.4, -0.2) is 40.9 Å². The number of ether oxygens (including phenoxy) is 1. The Hall–Kier alpha value is -2.90. The molecule has 1 aromatic carbocycles. The van der Waals surface area contributed by atoms with Gasteiger partial charge >= 0.3 is 12.0 Å².